The molecule has 0 bridgehead atoms. The average Bonchev–Trinajstić information content (AvgIpc) is 2.55. The Kier molecular flexibility index (Phi) is 5.54. The Morgan fingerprint density at radius 3 is 2.38 bits per heavy atom. The van der Waals surface area contributed by atoms with Crippen LogP contribution in [-0.2, 0) is 19.2 Å². The molecule has 1 rings (SSSR count). The molecule has 1 aliphatic rings. The maximum absolute atomic E-state index is 10.0. The third kappa shape index (κ3) is 5.86. The summed E-state index contributed by atoms with van der Waals surface area (Å²) in [5.41, 5.74) is 0.183. The highest BCUT2D eigenvalue weighted by molar-refractivity contribution is 5.86. The smallest absolute Gasteiger partial charge is 0.367 e. The molecule has 0 atom stereocenters. The second kappa shape index (κ2) is 6.19. The van der Waals surface area contributed by atoms with Crippen molar-refractivity contribution in [1.29, 1.82) is 0 Å². The van der Waals surface area contributed by atoms with Crippen molar-refractivity contribution in [2.75, 3.05) is 6.61 Å². The van der Waals surface area contributed by atoms with Crippen molar-refractivity contribution in [2.24, 2.45) is 0 Å². The third-order valence-electron chi connectivity index (χ3n) is 1.22. The first-order valence-corrected chi connectivity index (χ1v) is 3.74. The van der Waals surface area contributed by atoms with Gasteiger partial charge in [-0.2, -0.15) is 5.26 Å². The van der Waals surface area contributed by atoms with E-state index >= 15 is 0 Å². The minimum atomic E-state index is -0.792. The van der Waals surface area contributed by atoms with Gasteiger partial charge in [0.05, 0.1) is 6.61 Å². The van der Waals surface area contributed by atoms with E-state index in [2.05, 4.69) is 16.2 Å². The van der Waals surface area contributed by atoms with E-state index in [1.165, 1.54) is 6.92 Å². The van der Waals surface area contributed by atoms with Gasteiger partial charge in [-0.3, -0.25) is 9.68 Å². The normalized spacial score (nSPS) is 13.8. The summed E-state index contributed by atoms with van der Waals surface area (Å²) < 4.78 is 4.51. The van der Waals surface area contributed by atoms with Gasteiger partial charge in [-0.15, -0.1) is 0 Å². The van der Waals surface area contributed by atoms with E-state index < -0.39 is 5.97 Å². The van der Waals surface area contributed by atoms with Crippen LogP contribution in [0.2, 0.25) is 0 Å². The number of rotatable bonds is 1. The first kappa shape index (κ1) is 11.6. The van der Waals surface area contributed by atoms with Gasteiger partial charge in [-0.05, 0) is 13.3 Å². The third-order valence-corrected chi connectivity index (χ3v) is 1.22. The molecule has 0 aromatic carbocycles. The largest absolute Gasteiger partial charge is 0.466 e. The van der Waals surface area contributed by atoms with Crippen molar-refractivity contribution < 1.29 is 24.5 Å². The predicted octanol–water partition coefficient (Wildman–Crippen LogP) is 0.902. The summed E-state index contributed by atoms with van der Waals surface area (Å²) in [6, 6.07) is 0. The van der Waals surface area contributed by atoms with Crippen molar-refractivity contribution in [1.82, 2.24) is 0 Å². The van der Waals surface area contributed by atoms with E-state index in [-0.39, 0.29) is 11.5 Å². The van der Waals surface area contributed by atoms with Crippen LogP contribution in [-0.4, -0.2) is 23.8 Å². The molecule has 0 unspecified atom stereocenters. The van der Waals surface area contributed by atoms with E-state index in [9.17, 15) is 9.59 Å². The van der Waals surface area contributed by atoms with Gasteiger partial charge < -0.3 is 4.74 Å². The molecule has 0 aromatic heterocycles. The lowest BCUT2D eigenvalue weighted by Crippen LogP contribution is -1.99. The fourth-order valence-corrected chi connectivity index (χ4v) is 0.553. The molecule has 1 aliphatic heterocycles. The van der Waals surface area contributed by atoms with Crippen LogP contribution in [0.15, 0.2) is 12.2 Å². The summed E-state index contributed by atoms with van der Waals surface area (Å²) in [7, 11) is 0. The minimum Gasteiger partial charge on any atom is -0.466 e. The summed E-state index contributed by atoms with van der Waals surface area (Å²) >= 11 is 0. The van der Waals surface area contributed by atoms with E-state index in [0.29, 0.717) is 13.0 Å². The number of carbonyl (C=O) groups excluding carboxylic acids is 2. The lowest BCUT2D eigenvalue weighted by atomic mass is 10.4. The molecule has 1 fully saturated rings. The fraction of sp³-hybridized carbons (Fsp3) is 0.500. The molecule has 13 heavy (non-hydrogen) atoms. The van der Waals surface area contributed by atoms with Gasteiger partial charge in [-0.25, -0.2) is 4.79 Å². The SMILES string of the molecule is C=C(C)C(=O)OO.O=C1CCCO1. The molecule has 74 valence electrons. The molecule has 0 aliphatic carbocycles. The Morgan fingerprint density at radius 2 is 2.31 bits per heavy atom. The first-order valence-electron chi connectivity index (χ1n) is 3.74. The van der Waals surface area contributed by atoms with Crippen molar-refractivity contribution in [2.45, 2.75) is 19.8 Å². The molecule has 5 heteroatoms. The van der Waals surface area contributed by atoms with Crippen molar-refractivity contribution in [3.05, 3.63) is 12.2 Å². The van der Waals surface area contributed by atoms with E-state index in [1.807, 2.05) is 0 Å². The standard InChI is InChI=1S/C4H6O3.C4H6O2/c1-3(2)4(5)7-6;5-4-2-1-3-6-4/h6H,1H2,2H3;1-3H2. The summed E-state index contributed by atoms with van der Waals surface area (Å²) in [5, 5.41) is 7.59. The Bertz CT molecular complexity index is 201. The number of cyclic esters (lactones) is 1. The second-order valence-corrected chi connectivity index (χ2v) is 2.48. The van der Waals surface area contributed by atoms with Crippen LogP contribution in [0.4, 0.5) is 0 Å². The molecule has 0 aromatic rings. The zero-order valence-electron chi connectivity index (χ0n) is 7.41. The summed E-state index contributed by atoms with van der Waals surface area (Å²) in [6.45, 7) is 5.27. The summed E-state index contributed by atoms with van der Waals surface area (Å²) in [6.07, 6.45) is 1.54. The molecule has 1 saturated heterocycles. The van der Waals surface area contributed by atoms with Crippen molar-refractivity contribution in [3.8, 4) is 0 Å². The lowest BCUT2D eigenvalue weighted by molar-refractivity contribution is -0.229. The van der Waals surface area contributed by atoms with Gasteiger partial charge in [0, 0.05) is 12.0 Å². The highest BCUT2D eigenvalue weighted by Crippen LogP contribution is 2.01. The fourth-order valence-electron chi connectivity index (χ4n) is 0.553. The van der Waals surface area contributed by atoms with Crippen LogP contribution >= 0.6 is 0 Å². The van der Waals surface area contributed by atoms with Crippen LogP contribution in [0, 0.1) is 0 Å². The van der Waals surface area contributed by atoms with Crippen LogP contribution in [0.3, 0.4) is 0 Å². The molecule has 5 nitrogen and oxygen atoms in total. The minimum absolute atomic E-state index is 0.0463. The average molecular weight is 188 g/mol. The molecule has 1 N–H and O–H groups in total. The second-order valence-electron chi connectivity index (χ2n) is 2.48. The highest BCUT2D eigenvalue weighted by atomic mass is 17.1. The van der Waals surface area contributed by atoms with Gasteiger partial charge in [0.25, 0.3) is 0 Å². The molecule has 0 saturated carbocycles. The maximum Gasteiger partial charge on any atom is 0.367 e. The maximum atomic E-state index is 10.0. The van der Waals surface area contributed by atoms with E-state index in [4.69, 9.17) is 5.26 Å². The Hall–Kier alpha value is -1.36. The quantitative estimate of drug-likeness (QED) is 0.286. The molecule has 0 amide bonds. The van der Waals surface area contributed by atoms with Gasteiger partial charge in [0.2, 0.25) is 0 Å². The first-order chi connectivity index (χ1) is 6.07. The number of ether oxygens (including phenoxy) is 1. The Morgan fingerprint density at radius 1 is 1.69 bits per heavy atom. The van der Waals surface area contributed by atoms with Gasteiger partial charge in [0.15, 0.2) is 0 Å². The number of esters is 1. The number of carbonyl (C=O) groups is 2. The topological polar surface area (TPSA) is 72.8 Å². The summed E-state index contributed by atoms with van der Waals surface area (Å²) in [5.74, 6) is -0.838. The lowest BCUT2D eigenvalue weighted by Gasteiger charge is -1.88. The van der Waals surface area contributed by atoms with Crippen LogP contribution in [0.5, 0.6) is 0 Å². The Labute approximate surface area is 75.9 Å². The monoisotopic (exact) mass is 188 g/mol. The van der Waals surface area contributed by atoms with Crippen LogP contribution in [0.25, 0.3) is 0 Å². The van der Waals surface area contributed by atoms with Crippen molar-refractivity contribution >= 4 is 11.9 Å². The van der Waals surface area contributed by atoms with E-state index in [0.717, 1.165) is 6.42 Å². The molecule has 0 radical (unpaired) electrons. The van der Waals surface area contributed by atoms with Crippen molar-refractivity contribution in [3.63, 3.8) is 0 Å². The van der Waals surface area contributed by atoms with Crippen LogP contribution in [0.1, 0.15) is 19.8 Å². The molecular formula is C8H12O5. The van der Waals surface area contributed by atoms with E-state index in [1.54, 1.807) is 0 Å². The Balaban J connectivity index is 0.000000223. The number of hydrogen-bond donors (Lipinski definition) is 1. The molecular weight excluding hydrogens is 176 g/mol. The number of hydrogen-bond acceptors (Lipinski definition) is 5. The molecule has 0 spiro atoms. The van der Waals surface area contributed by atoms with Gasteiger partial charge in [0.1, 0.15) is 0 Å². The molecule has 1 heterocycles. The van der Waals surface area contributed by atoms with Gasteiger partial charge in [-0.1, -0.05) is 6.58 Å². The predicted molar refractivity (Wildman–Crippen MR) is 43.7 cm³/mol. The highest BCUT2D eigenvalue weighted by Gasteiger charge is 2.08. The zero-order chi connectivity index (χ0) is 10.3. The van der Waals surface area contributed by atoms with Crippen LogP contribution < -0.4 is 0 Å². The zero-order valence-corrected chi connectivity index (χ0v) is 7.41. The summed E-state index contributed by atoms with van der Waals surface area (Å²) in [4.78, 5) is 23.2. The van der Waals surface area contributed by atoms with Gasteiger partial charge >= 0.3 is 11.9 Å².